The molecule has 2 unspecified atom stereocenters. The minimum absolute atomic E-state index is 0.0177. The molecule has 0 spiro atoms. The fourth-order valence-corrected chi connectivity index (χ4v) is 1.79. The van der Waals surface area contributed by atoms with E-state index in [0.717, 1.165) is 44.9 Å². The molecule has 0 radical (unpaired) electrons. The lowest BCUT2D eigenvalue weighted by molar-refractivity contribution is -0.143. The van der Waals surface area contributed by atoms with Crippen LogP contribution >= 0.6 is 0 Å². The van der Waals surface area contributed by atoms with Crippen LogP contribution in [-0.2, 0) is 9.53 Å². The Labute approximate surface area is 145 Å². The van der Waals surface area contributed by atoms with Gasteiger partial charge in [0.05, 0.1) is 0 Å². The molecule has 24 heavy (non-hydrogen) atoms. The highest BCUT2D eigenvalue weighted by molar-refractivity contribution is 5.65. The van der Waals surface area contributed by atoms with E-state index in [1.165, 1.54) is 13.0 Å². The maximum atomic E-state index is 10.6. The second kappa shape index (κ2) is 15.9. The van der Waals surface area contributed by atoms with Gasteiger partial charge in [-0.3, -0.25) is 4.79 Å². The Morgan fingerprint density at radius 1 is 1.17 bits per heavy atom. The number of ether oxygens (including phenoxy) is 1. The first-order chi connectivity index (χ1) is 11.6. The first kappa shape index (κ1) is 22.0. The van der Waals surface area contributed by atoms with E-state index in [1.54, 1.807) is 6.08 Å². The molecule has 2 atom stereocenters. The largest absolute Gasteiger partial charge is 0.463 e. The van der Waals surface area contributed by atoms with Crippen molar-refractivity contribution in [2.75, 3.05) is 6.61 Å². The lowest BCUT2D eigenvalue weighted by atomic mass is 10.1. The van der Waals surface area contributed by atoms with Crippen molar-refractivity contribution in [3.63, 3.8) is 0 Å². The van der Waals surface area contributed by atoms with Gasteiger partial charge in [0.25, 0.3) is 0 Å². The summed E-state index contributed by atoms with van der Waals surface area (Å²) in [5.41, 5.74) is 0. The summed E-state index contributed by atoms with van der Waals surface area (Å²) in [6, 6.07) is 0. The van der Waals surface area contributed by atoms with Crippen molar-refractivity contribution in [2.24, 2.45) is 0 Å². The van der Waals surface area contributed by atoms with Crippen LogP contribution in [-0.4, -0.2) is 35.0 Å². The van der Waals surface area contributed by atoms with E-state index in [4.69, 9.17) is 9.84 Å². The fraction of sp³-hybridized carbons (Fsp3) is 0.550. The molecule has 0 aliphatic heterocycles. The molecule has 0 saturated carbocycles. The third-order valence-electron chi connectivity index (χ3n) is 3.08. The first-order valence-electron chi connectivity index (χ1n) is 8.33. The number of allylic oxidation sites excluding steroid dienone is 1. The molecular formula is C20H28O4. The zero-order valence-electron chi connectivity index (χ0n) is 14.5. The minimum Gasteiger partial charge on any atom is -0.463 e. The number of hydrogen-bond acceptors (Lipinski definition) is 4. The van der Waals surface area contributed by atoms with Crippen molar-refractivity contribution in [3.05, 3.63) is 24.8 Å². The molecule has 0 amide bonds. The molecule has 0 rings (SSSR count). The van der Waals surface area contributed by atoms with Crippen molar-refractivity contribution in [2.45, 2.75) is 64.1 Å². The van der Waals surface area contributed by atoms with Gasteiger partial charge in [-0.2, -0.15) is 0 Å². The van der Waals surface area contributed by atoms with Gasteiger partial charge in [-0.05, 0) is 31.1 Å². The topological polar surface area (TPSA) is 66.8 Å². The molecule has 4 nitrogen and oxygen atoms in total. The summed E-state index contributed by atoms with van der Waals surface area (Å²) < 4.78 is 4.70. The van der Waals surface area contributed by atoms with Crippen LogP contribution in [0.4, 0.5) is 0 Å². The van der Waals surface area contributed by atoms with Gasteiger partial charge in [0.2, 0.25) is 0 Å². The molecule has 0 aromatic heterocycles. The standard InChI is InChI=1S/C20H28O4/c1-3-19(22)15-13-11-9-7-5-4-6-8-10-12-14-16-20(23)17-24-18(2)21/h3,14,16,19-20,22-23H,1,4-8,10,12,17H2,2H3/b16-14-. The summed E-state index contributed by atoms with van der Waals surface area (Å²) in [5.74, 6) is 10.4. The van der Waals surface area contributed by atoms with Crippen LogP contribution in [0.15, 0.2) is 24.8 Å². The van der Waals surface area contributed by atoms with Gasteiger partial charge in [-0.15, -0.1) is 0 Å². The van der Waals surface area contributed by atoms with Gasteiger partial charge in [0, 0.05) is 13.3 Å². The molecule has 0 aliphatic carbocycles. The number of unbranched alkanes of at least 4 members (excludes halogenated alkanes) is 6. The van der Waals surface area contributed by atoms with Gasteiger partial charge in [-0.25, -0.2) is 0 Å². The molecule has 0 heterocycles. The smallest absolute Gasteiger partial charge is 0.302 e. The highest BCUT2D eigenvalue weighted by Gasteiger charge is 2.00. The van der Waals surface area contributed by atoms with Gasteiger partial charge in [0.1, 0.15) is 18.8 Å². The van der Waals surface area contributed by atoms with Crippen LogP contribution in [0.25, 0.3) is 0 Å². The van der Waals surface area contributed by atoms with Gasteiger partial charge in [-0.1, -0.05) is 55.9 Å². The van der Waals surface area contributed by atoms with E-state index < -0.39 is 12.2 Å². The zero-order valence-corrected chi connectivity index (χ0v) is 14.5. The maximum absolute atomic E-state index is 10.6. The van der Waals surface area contributed by atoms with Crippen LogP contribution in [0.3, 0.4) is 0 Å². The fourth-order valence-electron chi connectivity index (χ4n) is 1.79. The van der Waals surface area contributed by atoms with Crippen LogP contribution in [0.2, 0.25) is 0 Å². The Morgan fingerprint density at radius 2 is 1.88 bits per heavy atom. The second-order valence-corrected chi connectivity index (χ2v) is 5.36. The number of carbonyl (C=O) groups excluding carboxylic acids is 1. The lowest BCUT2D eigenvalue weighted by Crippen LogP contribution is -2.14. The summed E-state index contributed by atoms with van der Waals surface area (Å²) in [4.78, 5) is 10.6. The quantitative estimate of drug-likeness (QED) is 0.264. The van der Waals surface area contributed by atoms with Crippen LogP contribution in [0.1, 0.15) is 51.9 Å². The van der Waals surface area contributed by atoms with Crippen molar-refractivity contribution < 1.29 is 19.7 Å². The third-order valence-corrected chi connectivity index (χ3v) is 3.08. The normalized spacial score (nSPS) is 12.5. The molecule has 2 N–H and O–H groups in total. The molecule has 0 aromatic rings. The summed E-state index contributed by atoms with van der Waals surface area (Å²) in [7, 11) is 0. The second-order valence-electron chi connectivity index (χ2n) is 5.36. The molecular weight excluding hydrogens is 304 g/mol. The molecule has 132 valence electrons. The van der Waals surface area contributed by atoms with E-state index in [1.807, 2.05) is 6.08 Å². The molecule has 4 heteroatoms. The zero-order chi connectivity index (χ0) is 18.0. The van der Waals surface area contributed by atoms with Crippen LogP contribution in [0.5, 0.6) is 0 Å². The van der Waals surface area contributed by atoms with E-state index >= 15 is 0 Å². The molecule has 0 aromatic carbocycles. The Hall–Kier alpha value is -2.01. The van der Waals surface area contributed by atoms with E-state index in [0.29, 0.717) is 0 Å². The first-order valence-corrected chi connectivity index (χ1v) is 8.33. The van der Waals surface area contributed by atoms with Gasteiger partial charge < -0.3 is 14.9 Å². The summed E-state index contributed by atoms with van der Waals surface area (Å²) in [6.07, 6.45) is 10.7. The summed E-state index contributed by atoms with van der Waals surface area (Å²) >= 11 is 0. The number of aliphatic hydroxyl groups excluding tert-OH is 2. The van der Waals surface area contributed by atoms with Crippen molar-refractivity contribution in [1.82, 2.24) is 0 Å². The maximum Gasteiger partial charge on any atom is 0.302 e. The third kappa shape index (κ3) is 16.4. The molecule has 0 fully saturated rings. The van der Waals surface area contributed by atoms with E-state index in [-0.39, 0.29) is 12.6 Å². The highest BCUT2D eigenvalue weighted by Crippen LogP contribution is 2.07. The predicted molar refractivity (Wildman–Crippen MR) is 95.9 cm³/mol. The Bertz CT molecular complexity index is 499. The minimum atomic E-state index is -0.795. The lowest BCUT2D eigenvalue weighted by Gasteiger charge is -2.05. The van der Waals surface area contributed by atoms with Crippen molar-refractivity contribution in [3.8, 4) is 23.7 Å². The van der Waals surface area contributed by atoms with Crippen LogP contribution < -0.4 is 0 Å². The number of carbonyl (C=O) groups is 1. The average Bonchev–Trinajstić information content (AvgIpc) is 2.56. The highest BCUT2D eigenvalue weighted by atomic mass is 16.5. The summed E-state index contributed by atoms with van der Waals surface area (Å²) in [5, 5.41) is 18.6. The van der Waals surface area contributed by atoms with Crippen molar-refractivity contribution >= 4 is 5.97 Å². The number of aliphatic hydroxyl groups is 2. The Kier molecular flexibility index (Phi) is 14.5. The molecule has 0 aliphatic rings. The number of hydrogen-bond donors (Lipinski definition) is 2. The van der Waals surface area contributed by atoms with E-state index in [2.05, 4.69) is 30.3 Å². The monoisotopic (exact) mass is 332 g/mol. The van der Waals surface area contributed by atoms with Gasteiger partial charge >= 0.3 is 5.97 Å². The predicted octanol–water partition coefficient (Wildman–Crippen LogP) is 2.75. The van der Waals surface area contributed by atoms with Crippen LogP contribution in [0, 0.1) is 23.7 Å². The number of esters is 1. The Balaban J connectivity index is 3.48. The van der Waals surface area contributed by atoms with Crippen molar-refractivity contribution in [1.29, 1.82) is 0 Å². The Morgan fingerprint density at radius 3 is 2.58 bits per heavy atom. The van der Waals surface area contributed by atoms with E-state index in [9.17, 15) is 9.90 Å². The average molecular weight is 332 g/mol. The van der Waals surface area contributed by atoms with Gasteiger partial charge in [0.15, 0.2) is 0 Å². The number of rotatable bonds is 11. The SMILES string of the molecule is C=CC(O)C#CC#CCCCCCCC/C=C\C(O)COC(C)=O. The molecule has 0 bridgehead atoms. The summed E-state index contributed by atoms with van der Waals surface area (Å²) in [6.45, 7) is 4.76. The molecule has 0 saturated heterocycles.